The van der Waals surface area contributed by atoms with Crippen molar-refractivity contribution in [3.05, 3.63) is 77.5 Å². The van der Waals surface area contributed by atoms with Crippen LogP contribution >= 0.6 is 0 Å². The molecule has 2 heteroatoms. The molecule has 126 valence electrons. The van der Waals surface area contributed by atoms with E-state index in [1.54, 1.807) is 0 Å². The SMILES string of the molecule is C[Si](C)(C)/C=C/[C@H]1C=Cc2c(c3ccccc3c3ccccc23)[C@H]1O. The minimum atomic E-state index is -1.29. The van der Waals surface area contributed by atoms with Gasteiger partial charge in [-0.05, 0) is 32.7 Å². The minimum absolute atomic E-state index is 0.0452. The van der Waals surface area contributed by atoms with Gasteiger partial charge in [0.2, 0.25) is 0 Å². The van der Waals surface area contributed by atoms with E-state index in [1.165, 1.54) is 27.1 Å². The van der Waals surface area contributed by atoms with Crippen LogP contribution in [0.3, 0.4) is 0 Å². The van der Waals surface area contributed by atoms with Crippen molar-refractivity contribution in [2.75, 3.05) is 0 Å². The summed E-state index contributed by atoms with van der Waals surface area (Å²) in [7, 11) is -1.29. The molecule has 1 N–H and O–H groups in total. The molecular formula is C23H24OSi. The molecule has 1 aliphatic carbocycles. The maximum absolute atomic E-state index is 11.2. The van der Waals surface area contributed by atoms with Gasteiger partial charge in [-0.2, -0.15) is 0 Å². The van der Waals surface area contributed by atoms with Crippen LogP contribution in [0.15, 0.2) is 66.4 Å². The molecule has 0 spiro atoms. The number of aliphatic hydroxyl groups is 1. The number of aliphatic hydroxyl groups excluding tert-OH is 1. The maximum atomic E-state index is 11.2. The predicted octanol–water partition coefficient (Wildman–Crippen LogP) is 6.10. The first kappa shape index (κ1) is 16.3. The van der Waals surface area contributed by atoms with Gasteiger partial charge in [0.25, 0.3) is 0 Å². The fourth-order valence-corrected chi connectivity index (χ4v) is 4.57. The zero-order valence-electron chi connectivity index (χ0n) is 15.0. The van der Waals surface area contributed by atoms with Crippen molar-refractivity contribution in [2.24, 2.45) is 5.92 Å². The van der Waals surface area contributed by atoms with E-state index >= 15 is 0 Å². The second-order valence-electron chi connectivity index (χ2n) is 8.02. The number of fused-ring (bicyclic) bond motifs is 6. The van der Waals surface area contributed by atoms with Crippen LogP contribution in [0.5, 0.6) is 0 Å². The van der Waals surface area contributed by atoms with E-state index in [0.29, 0.717) is 0 Å². The zero-order chi connectivity index (χ0) is 17.6. The van der Waals surface area contributed by atoms with Crippen LogP contribution in [0, 0.1) is 5.92 Å². The molecule has 0 saturated heterocycles. The highest BCUT2D eigenvalue weighted by Gasteiger charge is 2.26. The Kier molecular flexibility index (Phi) is 3.90. The van der Waals surface area contributed by atoms with E-state index in [1.807, 2.05) is 0 Å². The molecule has 0 heterocycles. The molecule has 25 heavy (non-hydrogen) atoms. The molecule has 0 amide bonds. The maximum Gasteiger partial charge on any atom is 0.0899 e. The summed E-state index contributed by atoms with van der Waals surface area (Å²) in [6, 6.07) is 17.0. The molecule has 0 unspecified atom stereocenters. The standard InChI is InChI=1S/C23H24OSi/c1-25(2,3)15-14-16-12-13-21-19-10-5-4-8-17(19)18-9-6-7-11-20(18)22(21)23(16)24/h4-16,23-24H,1-3H3/b15-14+/t16-,23+/m1/s1. The van der Waals surface area contributed by atoms with Gasteiger partial charge in [-0.3, -0.25) is 0 Å². The van der Waals surface area contributed by atoms with Crippen LogP contribution in [0.4, 0.5) is 0 Å². The van der Waals surface area contributed by atoms with Crippen LogP contribution in [-0.4, -0.2) is 13.2 Å². The van der Waals surface area contributed by atoms with E-state index in [2.05, 4.69) is 92.1 Å². The molecule has 0 aliphatic heterocycles. The zero-order valence-corrected chi connectivity index (χ0v) is 16.0. The normalized spacial score (nSPS) is 20.5. The molecule has 0 fully saturated rings. The lowest BCUT2D eigenvalue weighted by Crippen LogP contribution is -2.19. The van der Waals surface area contributed by atoms with Crippen molar-refractivity contribution in [3.8, 4) is 0 Å². The number of hydrogen-bond acceptors (Lipinski definition) is 1. The summed E-state index contributed by atoms with van der Waals surface area (Å²) in [5.41, 5.74) is 4.57. The summed E-state index contributed by atoms with van der Waals surface area (Å²) in [4.78, 5) is 0. The molecule has 4 rings (SSSR count). The average molecular weight is 345 g/mol. The van der Waals surface area contributed by atoms with Crippen molar-refractivity contribution >= 4 is 35.7 Å². The molecule has 0 aromatic heterocycles. The molecule has 1 aliphatic rings. The van der Waals surface area contributed by atoms with Crippen molar-refractivity contribution in [3.63, 3.8) is 0 Å². The van der Waals surface area contributed by atoms with Gasteiger partial charge in [0, 0.05) is 5.92 Å². The minimum Gasteiger partial charge on any atom is -0.387 e. The van der Waals surface area contributed by atoms with Crippen molar-refractivity contribution < 1.29 is 5.11 Å². The smallest absolute Gasteiger partial charge is 0.0899 e. The average Bonchev–Trinajstić information content (AvgIpc) is 2.60. The topological polar surface area (TPSA) is 20.2 Å². The Morgan fingerprint density at radius 2 is 1.40 bits per heavy atom. The molecule has 3 aromatic rings. The van der Waals surface area contributed by atoms with Gasteiger partial charge in [-0.1, -0.05) is 92.1 Å². The van der Waals surface area contributed by atoms with Crippen LogP contribution in [-0.2, 0) is 0 Å². The number of benzene rings is 3. The summed E-state index contributed by atoms with van der Waals surface area (Å²) in [5, 5.41) is 16.1. The lowest BCUT2D eigenvalue weighted by Gasteiger charge is -2.27. The van der Waals surface area contributed by atoms with Gasteiger partial charge in [0.15, 0.2) is 0 Å². The number of rotatable bonds is 2. The Labute approximate surface area is 150 Å². The Morgan fingerprint density at radius 3 is 2.04 bits per heavy atom. The summed E-state index contributed by atoms with van der Waals surface area (Å²) in [6.45, 7) is 6.96. The third kappa shape index (κ3) is 2.86. The third-order valence-corrected chi connectivity index (χ3v) is 6.17. The summed E-state index contributed by atoms with van der Waals surface area (Å²) in [5.74, 6) is 0.0452. The van der Waals surface area contributed by atoms with E-state index in [0.717, 1.165) is 5.56 Å². The quantitative estimate of drug-likeness (QED) is 0.440. The Balaban J connectivity index is 1.97. The van der Waals surface area contributed by atoms with Crippen molar-refractivity contribution in [1.29, 1.82) is 0 Å². The first-order valence-corrected chi connectivity index (χ1v) is 12.5. The molecule has 0 saturated carbocycles. The second kappa shape index (κ2) is 5.97. The van der Waals surface area contributed by atoms with Gasteiger partial charge in [0.05, 0.1) is 14.2 Å². The monoisotopic (exact) mass is 344 g/mol. The van der Waals surface area contributed by atoms with E-state index in [9.17, 15) is 5.11 Å². The van der Waals surface area contributed by atoms with Crippen LogP contribution in [0.25, 0.3) is 27.6 Å². The highest BCUT2D eigenvalue weighted by atomic mass is 28.3. The Morgan fingerprint density at radius 1 is 0.840 bits per heavy atom. The van der Waals surface area contributed by atoms with Gasteiger partial charge < -0.3 is 5.11 Å². The van der Waals surface area contributed by atoms with Gasteiger partial charge in [-0.25, -0.2) is 0 Å². The number of hydrogen-bond donors (Lipinski definition) is 1. The first-order chi connectivity index (χ1) is 12.0. The highest BCUT2D eigenvalue weighted by Crippen LogP contribution is 2.42. The van der Waals surface area contributed by atoms with Gasteiger partial charge in [0.1, 0.15) is 0 Å². The van der Waals surface area contributed by atoms with Crippen molar-refractivity contribution in [2.45, 2.75) is 25.7 Å². The summed E-state index contributed by atoms with van der Waals surface area (Å²) >= 11 is 0. The van der Waals surface area contributed by atoms with E-state index < -0.39 is 14.2 Å². The second-order valence-corrected chi connectivity index (χ2v) is 13.1. The van der Waals surface area contributed by atoms with E-state index in [4.69, 9.17) is 0 Å². The van der Waals surface area contributed by atoms with Gasteiger partial charge in [-0.15, -0.1) is 0 Å². The van der Waals surface area contributed by atoms with Crippen LogP contribution < -0.4 is 0 Å². The summed E-state index contributed by atoms with van der Waals surface area (Å²) in [6.07, 6.45) is 6.07. The summed E-state index contributed by atoms with van der Waals surface area (Å²) < 4.78 is 0. The molecule has 2 atom stereocenters. The van der Waals surface area contributed by atoms with Crippen molar-refractivity contribution in [1.82, 2.24) is 0 Å². The molecule has 0 radical (unpaired) electrons. The third-order valence-electron chi connectivity index (χ3n) is 4.98. The molecular weight excluding hydrogens is 320 g/mol. The van der Waals surface area contributed by atoms with Crippen LogP contribution in [0.1, 0.15) is 17.2 Å². The molecule has 3 aromatic carbocycles. The Hall–Kier alpha value is -2.16. The van der Waals surface area contributed by atoms with E-state index in [-0.39, 0.29) is 5.92 Å². The first-order valence-electron chi connectivity index (χ1n) is 8.95. The van der Waals surface area contributed by atoms with Gasteiger partial charge >= 0.3 is 0 Å². The molecule has 1 nitrogen and oxygen atoms in total. The lowest BCUT2D eigenvalue weighted by atomic mass is 9.81. The van der Waals surface area contributed by atoms with Crippen LogP contribution in [0.2, 0.25) is 19.6 Å². The largest absolute Gasteiger partial charge is 0.387 e. The highest BCUT2D eigenvalue weighted by molar-refractivity contribution is 6.80. The lowest BCUT2D eigenvalue weighted by molar-refractivity contribution is 0.151. The molecule has 0 bridgehead atoms. The fraction of sp³-hybridized carbons (Fsp3) is 0.217. The fourth-order valence-electron chi connectivity index (χ4n) is 3.77. The Bertz CT molecular complexity index is 1010. The predicted molar refractivity (Wildman–Crippen MR) is 111 cm³/mol.